The van der Waals surface area contributed by atoms with Gasteiger partial charge in [0.25, 0.3) is 11.1 Å². The van der Waals surface area contributed by atoms with E-state index in [9.17, 15) is 22.8 Å². The number of carbonyl (C=O) groups is 2. The average Bonchev–Trinajstić information content (AvgIpc) is 2.98. The average molecular weight is 380 g/mol. The molecule has 1 aromatic heterocycles. The molecular formula is C18H15F3N2O2S. The number of benzene rings is 1. The molecule has 0 atom stereocenters. The smallest absolute Gasteiger partial charge is 0.318 e. The van der Waals surface area contributed by atoms with Gasteiger partial charge in [0, 0.05) is 24.1 Å². The summed E-state index contributed by atoms with van der Waals surface area (Å²) in [6.07, 6.45) is -2.82. The number of nitrogens with zero attached hydrogens (tertiary/aromatic N) is 2. The second kappa shape index (κ2) is 6.35. The van der Waals surface area contributed by atoms with Gasteiger partial charge in [0.1, 0.15) is 0 Å². The van der Waals surface area contributed by atoms with Crippen LogP contribution < -0.4 is 0 Å². The summed E-state index contributed by atoms with van der Waals surface area (Å²) in [7, 11) is 1.41. The molecule has 0 bridgehead atoms. The summed E-state index contributed by atoms with van der Waals surface area (Å²) in [6, 6.07) is 6.84. The standard InChI is InChI=1S/C18H15F3N2O2S/c1-10-7-12(8-15-16(24)22(3)17(25)26-15)11(2)23(10)14-6-4-5-13(9-14)18(19,20)21/h4-9H,1-3H3/b15-8+. The molecule has 2 aromatic rings. The van der Waals surface area contributed by atoms with Crippen LogP contribution in [0.15, 0.2) is 35.2 Å². The van der Waals surface area contributed by atoms with Crippen LogP contribution in [0.5, 0.6) is 0 Å². The number of aryl methyl sites for hydroxylation is 1. The number of imide groups is 1. The molecule has 0 unspecified atom stereocenters. The van der Waals surface area contributed by atoms with E-state index in [1.807, 2.05) is 0 Å². The van der Waals surface area contributed by atoms with E-state index in [0.29, 0.717) is 21.8 Å². The maximum Gasteiger partial charge on any atom is 0.416 e. The zero-order valence-electron chi connectivity index (χ0n) is 14.2. The highest BCUT2D eigenvalue weighted by Gasteiger charge is 2.32. The first kappa shape index (κ1) is 18.3. The Morgan fingerprint density at radius 2 is 1.81 bits per heavy atom. The minimum absolute atomic E-state index is 0.293. The molecule has 0 spiro atoms. The Balaban J connectivity index is 2.05. The van der Waals surface area contributed by atoms with Gasteiger partial charge in [0.2, 0.25) is 0 Å². The summed E-state index contributed by atoms with van der Waals surface area (Å²) < 4.78 is 40.6. The first-order valence-corrected chi connectivity index (χ1v) is 8.49. The van der Waals surface area contributed by atoms with E-state index in [4.69, 9.17) is 0 Å². The van der Waals surface area contributed by atoms with Crippen LogP contribution in [-0.2, 0) is 11.0 Å². The molecule has 3 rings (SSSR count). The highest BCUT2D eigenvalue weighted by Crippen LogP contribution is 2.34. The van der Waals surface area contributed by atoms with Gasteiger partial charge in [0.15, 0.2) is 0 Å². The van der Waals surface area contributed by atoms with Gasteiger partial charge in [-0.2, -0.15) is 13.2 Å². The largest absolute Gasteiger partial charge is 0.416 e. The fourth-order valence-electron chi connectivity index (χ4n) is 2.84. The minimum Gasteiger partial charge on any atom is -0.318 e. The molecule has 1 aliphatic rings. The maximum absolute atomic E-state index is 13.0. The van der Waals surface area contributed by atoms with E-state index >= 15 is 0 Å². The molecule has 1 aromatic carbocycles. The molecular weight excluding hydrogens is 365 g/mol. The monoisotopic (exact) mass is 380 g/mol. The fourth-order valence-corrected chi connectivity index (χ4v) is 3.66. The Morgan fingerprint density at radius 3 is 2.38 bits per heavy atom. The van der Waals surface area contributed by atoms with Gasteiger partial charge in [-0.05, 0) is 61.5 Å². The predicted molar refractivity (Wildman–Crippen MR) is 94.0 cm³/mol. The van der Waals surface area contributed by atoms with Crippen LogP contribution in [0.25, 0.3) is 11.8 Å². The number of alkyl halides is 3. The number of hydrogen-bond donors (Lipinski definition) is 0. The van der Waals surface area contributed by atoms with Gasteiger partial charge in [-0.25, -0.2) is 0 Å². The van der Waals surface area contributed by atoms with E-state index in [1.54, 1.807) is 36.6 Å². The molecule has 136 valence electrons. The topological polar surface area (TPSA) is 42.3 Å². The van der Waals surface area contributed by atoms with Gasteiger partial charge >= 0.3 is 6.18 Å². The lowest BCUT2D eigenvalue weighted by Crippen LogP contribution is -2.22. The summed E-state index contributed by atoms with van der Waals surface area (Å²) in [5, 5.41) is -0.354. The third kappa shape index (κ3) is 3.16. The number of amides is 2. The van der Waals surface area contributed by atoms with Gasteiger partial charge in [-0.1, -0.05) is 6.07 Å². The lowest BCUT2D eigenvalue weighted by atomic mass is 10.2. The van der Waals surface area contributed by atoms with Crippen molar-refractivity contribution >= 4 is 29.0 Å². The van der Waals surface area contributed by atoms with Crippen molar-refractivity contribution in [2.45, 2.75) is 20.0 Å². The maximum atomic E-state index is 13.0. The van der Waals surface area contributed by atoms with Crippen LogP contribution >= 0.6 is 11.8 Å². The number of aromatic nitrogens is 1. The molecule has 1 fully saturated rings. The van der Waals surface area contributed by atoms with E-state index in [1.165, 1.54) is 13.1 Å². The number of thioether (sulfide) groups is 1. The Kier molecular flexibility index (Phi) is 4.47. The Labute approximate surface area is 152 Å². The van der Waals surface area contributed by atoms with Crippen LogP contribution in [0.3, 0.4) is 0 Å². The van der Waals surface area contributed by atoms with Crippen molar-refractivity contribution < 1.29 is 22.8 Å². The molecule has 1 aliphatic heterocycles. The van der Waals surface area contributed by atoms with Crippen LogP contribution in [0, 0.1) is 13.8 Å². The summed E-state index contributed by atoms with van der Waals surface area (Å²) in [6.45, 7) is 3.53. The summed E-state index contributed by atoms with van der Waals surface area (Å²) in [4.78, 5) is 25.0. The second-order valence-electron chi connectivity index (χ2n) is 5.95. The lowest BCUT2D eigenvalue weighted by molar-refractivity contribution is -0.137. The second-order valence-corrected chi connectivity index (χ2v) is 6.94. The van der Waals surface area contributed by atoms with Gasteiger partial charge < -0.3 is 4.57 Å². The SMILES string of the molecule is Cc1cc(/C=C2/SC(=O)N(C)C2=O)c(C)n1-c1cccc(C(F)(F)F)c1. The zero-order valence-corrected chi connectivity index (χ0v) is 15.0. The van der Waals surface area contributed by atoms with E-state index in [-0.39, 0.29) is 11.1 Å². The Hall–Kier alpha value is -2.48. The Bertz CT molecular complexity index is 944. The first-order chi connectivity index (χ1) is 12.1. The molecule has 26 heavy (non-hydrogen) atoms. The van der Waals surface area contributed by atoms with E-state index in [0.717, 1.165) is 34.5 Å². The molecule has 0 aliphatic carbocycles. The summed E-state index contributed by atoms with van der Waals surface area (Å²) >= 11 is 0.843. The van der Waals surface area contributed by atoms with Crippen molar-refractivity contribution in [3.63, 3.8) is 0 Å². The first-order valence-electron chi connectivity index (χ1n) is 7.67. The van der Waals surface area contributed by atoms with Gasteiger partial charge in [-0.3, -0.25) is 14.5 Å². The van der Waals surface area contributed by atoms with Crippen LogP contribution in [0.1, 0.15) is 22.5 Å². The summed E-state index contributed by atoms with van der Waals surface area (Å²) in [5.41, 5.74) is 1.75. The highest BCUT2D eigenvalue weighted by molar-refractivity contribution is 8.18. The van der Waals surface area contributed by atoms with Gasteiger partial charge in [-0.15, -0.1) is 0 Å². The van der Waals surface area contributed by atoms with Crippen molar-refractivity contribution in [2.24, 2.45) is 0 Å². The third-order valence-corrected chi connectivity index (χ3v) is 5.14. The molecule has 2 amide bonds. The molecule has 4 nitrogen and oxygen atoms in total. The summed E-state index contributed by atoms with van der Waals surface area (Å²) in [5.74, 6) is -0.385. The van der Waals surface area contributed by atoms with Gasteiger partial charge in [0.05, 0.1) is 10.5 Å². The molecule has 0 N–H and O–H groups in total. The van der Waals surface area contributed by atoms with Crippen LogP contribution in [0.2, 0.25) is 0 Å². The zero-order chi connectivity index (χ0) is 19.2. The number of halogens is 3. The molecule has 0 radical (unpaired) electrons. The predicted octanol–water partition coefficient (Wildman–Crippen LogP) is 4.78. The van der Waals surface area contributed by atoms with Crippen molar-refractivity contribution in [3.05, 3.63) is 57.8 Å². The van der Waals surface area contributed by atoms with Crippen LogP contribution in [-0.4, -0.2) is 27.7 Å². The Morgan fingerprint density at radius 1 is 1.12 bits per heavy atom. The normalized spacial score (nSPS) is 16.8. The minimum atomic E-state index is -4.42. The lowest BCUT2D eigenvalue weighted by Gasteiger charge is -2.13. The fraction of sp³-hybridized carbons (Fsp3) is 0.222. The van der Waals surface area contributed by atoms with Crippen molar-refractivity contribution in [1.82, 2.24) is 9.47 Å². The van der Waals surface area contributed by atoms with E-state index < -0.39 is 11.7 Å². The quantitative estimate of drug-likeness (QED) is 0.704. The molecule has 0 saturated carbocycles. The molecule has 8 heteroatoms. The van der Waals surface area contributed by atoms with E-state index in [2.05, 4.69) is 0 Å². The third-order valence-electron chi connectivity index (χ3n) is 4.18. The van der Waals surface area contributed by atoms with Crippen LogP contribution in [0.4, 0.5) is 18.0 Å². The number of likely N-dealkylation sites (N-methyl/N-ethyl adjacent to an activating group) is 1. The number of hydrogen-bond acceptors (Lipinski definition) is 3. The number of rotatable bonds is 2. The van der Waals surface area contributed by atoms with Crippen molar-refractivity contribution in [3.8, 4) is 5.69 Å². The number of carbonyl (C=O) groups excluding carboxylic acids is 2. The molecule has 1 saturated heterocycles. The highest BCUT2D eigenvalue weighted by atomic mass is 32.2. The van der Waals surface area contributed by atoms with Crippen molar-refractivity contribution in [2.75, 3.05) is 7.05 Å². The van der Waals surface area contributed by atoms with Crippen molar-refractivity contribution in [1.29, 1.82) is 0 Å². The molecule has 2 heterocycles.